The molecule has 3 heterocycles. The molecule has 2 aromatic heterocycles. The third kappa shape index (κ3) is 4.60. The van der Waals surface area contributed by atoms with Crippen molar-refractivity contribution in [2.75, 3.05) is 0 Å². The quantitative estimate of drug-likeness (QED) is 0.449. The highest BCUT2D eigenvalue weighted by Crippen LogP contribution is 2.41. The number of fused-ring (bicyclic) bond motifs is 2. The van der Waals surface area contributed by atoms with Gasteiger partial charge in [-0.1, -0.05) is 6.07 Å². The topological polar surface area (TPSA) is 109 Å². The fourth-order valence-corrected chi connectivity index (χ4v) is 6.61. The van der Waals surface area contributed by atoms with Crippen LogP contribution in [0.5, 0.6) is 0 Å². The molecule has 1 aliphatic heterocycles. The summed E-state index contributed by atoms with van der Waals surface area (Å²) in [5.41, 5.74) is 8.41. The molecule has 1 saturated heterocycles. The van der Waals surface area contributed by atoms with Crippen LogP contribution in [0.25, 0.3) is 10.9 Å². The first kappa shape index (κ1) is 22.7. The average molecular weight is 478 g/mol. The maximum Gasteiger partial charge on any atom is 0.223 e. The Labute approximate surface area is 205 Å². The zero-order valence-corrected chi connectivity index (χ0v) is 20.2. The molecule has 1 amide bonds. The van der Waals surface area contributed by atoms with Gasteiger partial charge in [-0.05, 0) is 74.6 Å². The van der Waals surface area contributed by atoms with E-state index in [4.69, 9.17) is 0 Å². The summed E-state index contributed by atoms with van der Waals surface area (Å²) in [5, 5.41) is 24.3. The Morgan fingerprint density at radius 2 is 2.20 bits per heavy atom. The molecule has 186 valence electrons. The molecule has 6 atom stereocenters. The van der Waals surface area contributed by atoms with E-state index in [-0.39, 0.29) is 23.9 Å². The van der Waals surface area contributed by atoms with Crippen molar-refractivity contribution in [3.8, 4) is 0 Å². The van der Waals surface area contributed by atoms with Crippen LogP contribution in [0.15, 0.2) is 42.9 Å². The summed E-state index contributed by atoms with van der Waals surface area (Å²) in [5.74, 6) is 0.505. The number of hydrogen-bond acceptors (Lipinski definition) is 6. The van der Waals surface area contributed by atoms with Gasteiger partial charge in [-0.3, -0.25) is 19.6 Å². The highest BCUT2D eigenvalue weighted by atomic mass is 16.3. The SMILES string of the molecule is Cn1cc2cc(C3NNC4CCC(C(=O)N[C@@H]5CCC[C@](O)(Cn6cccn6)C5)CC43)ccc2n1. The van der Waals surface area contributed by atoms with Gasteiger partial charge in [0.25, 0.3) is 0 Å². The summed E-state index contributed by atoms with van der Waals surface area (Å²) in [7, 11) is 1.94. The van der Waals surface area contributed by atoms with Crippen molar-refractivity contribution in [2.24, 2.45) is 18.9 Å². The molecule has 0 radical (unpaired) electrons. The average Bonchev–Trinajstić information content (AvgIpc) is 3.57. The Balaban J connectivity index is 1.10. The lowest BCUT2D eigenvalue weighted by Crippen LogP contribution is -2.50. The number of aryl methyl sites for hydroxylation is 1. The van der Waals surface area contributed by atoms with E-state index in [2.05, 4.69) is 44.6 Å². The molecule has 9 heteroatoms. The third-order valence-electron chi connectivity index (χ3n) is 8.31. The second-order valence-corrected chi connectivity index (χ2v) is 10.9. The molecule has 2 aliphatic carbocycles. The molecule has 6 rings (SSSR count). The van der Waals surface area contributed by atoms with E-state index in [1.165, 1.54) is 5.56 Å². The minimum atomic E-state index is -0.824. The Bertz CT molecular complexity index is 1190. The van der Waals surface area contributed by atoms with Crippen molar-refractivity contribution in [1.29, 1.82) is 0 Å². The van der Waals surface area contributed by atoms with E-state index >= 15 is 0 Å². The molecule has 1 aromatic carbocycles. The van der Waals surface area contributed by atoms with Crippen LogP contribution < -0.4 is 16.2 Å². The molecular weight excluding hydrogens is 442 g/mol. The number of amides is 1. The van der Waals surface area contributed by atoms with Gasteiger partial charge in [0.15, 0.2) is 0 Å². The Morgan fingerprint density at radius 1 is 1.29 bits per heavy atom. The molecule has 2 saturated carbocycles. The predicted molar refractivity (Wildman–Crippen MR) is 132 cm³/mol. The van der Waals surface area contributed by atoms with Crippen molar-refractivity contribution in [3.63, 3.8) is 0 Å². The number of carbonyl (C=O) groups is 1. The molecule has 4 N–H and O–H groups in total. The van der Waals surface area contributed by atoms with Gasteiger partial charge in [0.05, 0.1) is 23.7 Å². The number of nitrogens with zero attached hydrogens (tertiary/aromatic N) is 4. The van der Waals surface area contributed by atoms with Crippen molar-refractivity contribution < 1.29 is 9.90 Å². The zero-order valence-electron chi connectivity index (χ0n) is 20.2. The summed E-state index contributed by atoms with van der Waals surface area (Å²) < 4.78 is 3.63. The fraction of sp³-hybridized carbons (Fsp3) is 0.577. The number of hydrazine groups is 1. The van der Waals surface area contributed by atoms with Gasteiger partial charge in [0.2, 0.25) is 5.91 Å². The Hall–Kier alpha value is -2.75. The summed E-state index contributed by atoms with van der Waals surface area (Å²) in [6, 6.07) is 8.89. The lowest BCUT2D eigenvalue weighted by molar-refractivity contribution is -0.128. The van der Waals surface area contributed by atoms with Gasteiger partial charge >= 0.3 is 0 Å². The van der Waals surface area contributed by atoms with E-state index in [1.54, 1.807) is 10.9 Å². The standard InChI is InChI=1S/C26H35N7O2/c1-32-15-19-12-17(5-7-22(19)31-32)24-21-13-18(6-8-23(21)29-30-24)25(34)28-20-4-2-9-26(35,14-20)16-33-11-3-10-27-33/h3,5,7,10-12,15,18,20-21,23-24,29-30,35H,2,4,6,8-9,13-14,16H2,1H3,(H,28,34)/t18?,20-,21?,23?,24?,26-/m1/s1. The lowest BCUT2D eigenvalue weighted by atomic mass is 9.74. The highest BCUT2D eigenvalue weighted by molar-refractivity contribution is 5.80. The minimum absolute atomic E-state index is 0.00343. The van der Waals surface area contributed by atoms with E-state index in [1.807, 2.05) is 30.2 Å². The van der Waals surface area contributed by atoms with E-state index in [0.717, 1.165) is 49.4 Å². The molecule has 35 heavy (non-hydrogen) atoms. The van der Waals surface area contributed by atoms with Gasteiger partial charge in [0.1, 0.15) is 0 Å². The first-order valence-corrected chi connectivity index (χ1v) is 12.9. The van der Waals surface area contributed by atoms with Crippen molar-refractivity contribution in [1.82, 2.24) is 35.7 Å². The van der Waals surface area contributed by atoms with Crippen LogP contribution in [-0.4, -0.2) is 48.3 Å². The first-order chi connectivity index (χ1) is 17.0. The Morgan fingerprint density at radius 3 is 3.06 bits per heavy atom. The number of carbonyl (C=O) groups excluding carboxylic acids is 1. The van der Waals surface area contributed by atoms with Gasteiger partial charge in [-0.15, -0.1) is 0 Å². The Kier molecular flexibility index (Phi) is 5.86. The van der Waals surface area contributed by atoms with Crippen LogP contribution in [0.4, 0.5) is 0 Å². The summed E-state index contributed by atoms with van der Waals surface area (Å²) in [4.78, 5) is 13.3. The molecule has 3 aromatic rings. The fourth-order valence-electron chi connectivity index (χ4n) is 6.61. The van der Waals surface area contributed by atoms with Crippen molar-refractivity contribution in [3.05, 3.63) is 48.4 Å². The molecule has 0 spiro atoms. The van der Waals surface area contributed by atoms with Crippen molar-refractivity contribution >= 4 is 16.8 Å². The van der Waals surface area contributed by atoms with Crippen LogP contribution >= 0.6 is 0 Å². The smallest absolute Gasteiger partial charge is 0.223 e. The number of rotatable bonds is 5. The molecule has 3 fully saturated rings. The van der Waals surface area contributed by atoms with Gasteiger partial charge in [0, 0.05) is 49.0 Å². The highest BCUT2D eigenvalue weighted by Gasteiger charge is 2.43. The summed E-state index contributed by atoms with van der Waals surface area (Å²) >= 11 is 0. The van der Waals surface area contributed by atoms with Gasteiger partial charge in [-0.2, -0.15) is 10.2 Å². The predicted octanol–water partition coefficient (Wildman–Crippen LogP) is 2.19. The van der Waals surface area contributed by atoms with Crippen molar-refractivity contribution in [2.45, 2.75) is 75.2 Å². The van der Waals surface area contributed by atoms with Crippen LogP contribution in [0.2, 0.25) is 0 Å². The van der Waals surface area contributed by atoms with Gasteiger partial charge in [-0.25, -0.2) is 5.43 Å². The monoisotopic (exact) mass is 477 g/mol. The number of aliphatic hydroxyl groups is 1. The number of hydrogen-bond donors (Lipinski definition) is 4. The van der Waals surface area contributed by atoms with Crippen LogP contribution in [0.3, 0.4) is 0 Å². The normalized spacial score (nSPS) is 33.0. The van der Waals surface area contributed by atoms with Crippen LogP contribution in [0.1, 0.15) is 56.6 Å². The zero-order chi connectivity index (χ0) is 24.0. The lowest BCUT2D eigenvalue weighted by Gasteiger charge is -2.38. The number of aromatic nitrogens is 4. The van der Waals surface area contributed by atoms with E-state index in [0.29, 0.717) is 24.9 Å². The maximum absolute atomic E-state index is 13.3. The molecule has 4 unspecified atom stereocenters. The minimum Gasteiger partial charge on any atom is -0.388 e. The van der Waals surface area contributed by atoms with Crippen LogP contribution in [-0.2, 0) is 18.4 Å². The summed E-state index contributed by atoms with van der Waals surface area (Å²) in [6.45, 7) is 0.472. The second kappa shape index (κ2) is 9.04. The molecule has 0 bridgehead atoms. The number of benzene rings is 1. The number of nitrogens with one attached hydrogen (secondary N) is 3. The van der Waals surface area contributed by atoms with Gasteiger partial charge < -0.3 is 10.4 Å². The molecular formula is C26H35N7O2. The van der Waals surface area contributed by atoms with Crippen LogP contribution in [0, 0.1) is 11.8 Å². The molecule has 9 nitrogen and oxygen atoms in total. The van der Waals surface area contributed by atoms with E-state index in [9.17, 15) is 9.90 Å². The summed E-state index contributed by atoms with van der Waals surface area (Å²) in [6.07, 6.45) is 11.5. The van der Waals surface area contributed by atoms with E-state index < -0.39 is 5.60 Å². The second-order valence-electron chi connectivity index (χ2n) is 10.9. The maximum atomic E-state index is 13.3. The first-order valence-electron chi connectivity index (χ1n) is 12.9. The largest absolute Gasteiger partial charge is 0.388 e. The molecule has 3 aliphatic rings. The third-order valence-corrected chi connectivity index (χ3v) is 8.31.